The zero-order valence-electron chi connectivity index (χ0n) is 13.8. The van der Waals surface area contributed by atoms with Crippen LogP contribution in [0.25, 0.3) is 0 Å². The molecular weight excluding hydrogens is 353 g/mol. The zero-order chi connectivity index (χ0) is 18.8. The van der Waals surface area contributed by atoms with Crippen molar-refractivity contribution in [3.8, 4) is 5.75 Å². The Morgan fingerprint density at radius 1 is 0.962 bits per heavy atom. The molecule has 2 aromatic carbocycles. The van der Waals surface area contributed by atoms with Gasteiger partial charge < -0.3 is 9.64 Å². The van der Waals surface area contributed by atoms with Gasteiger partial charge in [-0.15, -0.1) is 0 Å². The third-order valence-electron chi connectivity index (χ3n) is 4.37. The summed E-state index contributed by atoms with van der Waals surface area (Å²) >= 11 is 0. The van der Waals surface area contributed by atoms with Crippen molar-refractivity contribution in [3.05, 3.63) is 60.2 Å². The van der Waals surface area contributed by atoms with Gasteiger partial charge in [0.05, 0.1) is 0 Å². The molecule has 7 heteroatoms. The molecule has 26 heavy (non-hydrogen) atoms. The van der Waals surface area contributed by atoms with Gasteiger partial charge in [-0.3, -0.25) is 0 Å². The molecule has 2 aromatic rings. The Morgan fingerprint density at radius 3 is 2.15 bits per heavy atom. The Labute approximate surface area is 148 Å². The normalized spacial score (nSPS) is 16.6. The standard InChI is InChI=1S/C19H17F5NO/c20-18(21,19(22,23)24)14-6-8-16(9-7-14)26-17-10-12-25(13-11-17)15-4-2-1-3-5-15/h1-2,4-9,17H,10-13H2. The molecule has 1 radical (unpaired) electrons. The summed E-state index contributed by atoms with van der Waals surface area (Å²) in [6.07, 6.45) is -4.25. The van der Waals surface area contributed by atoms with E-state index < -0.39 is 17.7 Å². The fourth-order valence-electron chi connectivity index (χ4n) is 2.91. The van der Waals surface area contributed by atoms with Gasteiger partial charge in [-0.25, -0.2) is 0 Å². The maximum atomic E-state index is 13.3. The van der Waals surface area contributed by atoms with Crippen LogP contribution < -0.4 is 9.64 Å². The maximum absolute atomic E-state index is 13.3. The number of nitrogens with zero attached hydrogens (tertiary/aromatic N) is 1. The summed E-state index contributed by atoms with van der Waals surface area (Å²) in [5, 5.41) is 0. The molecular formula is C19H17F5NO. The van der Waals surface area contributed by atoms with E-state index in [9.17, 15) is 22.0 Å². The molecule has 0 aromatic heterocycles. The summed E-state index contributed by atoms with van der Waals surface area (Å²) in [4.78, 5) is 2.20. The third kappa shape index (κ3) is 3.92. The number of rotatable bonds is 4. The topological polar surface area (TPSA) is 12.5 Å². The summed E-state index contributed by atoms with van der Waals surface area (Å²) in [5.41, 5.74) is -0.0165. The first-order valence-electron chi connectivity index (χ1n) is 8.20. The number of hydrogen-bond acceptors (Lipinski definition) is 2. The average Bonchev–Trinajstić information content (AvgIpc) is 2.63. The van der Waals surface area contributed by atoms with Gasteiger partial charge >= 0.3 is 12.1 Å². The first kappa shape index (κ1) is 18.5. The van der Waals surface area contributed by atoms with Gasteiger partial charge in [0.1, 0.15) is 11.9 Å². The molecule has 0 unspecified atom stereocenters. The number of hydrogen-bond donors (Lipinski definition) is 0. The van der Waals surface area contributed by atoms with E-state index in [0.29, 0.717) is 5.75 Å². The zero-order valence-corrected chi connectivity index (χ0v) is 13.8. The molecule has 0 saturated carbocycles. The Kier molecular flexibility index (Phi) is 5.07. The number of benzene rings is 2. The van der Waals surface area contributed by atoms with Crippen LogP contribution in [0.2, 0.25) is 0 Å². The summed E-state index contributed by atoms with van der Waals surface area (Å²) in [5.74, 6) is -4.58. The van der Waals surface area contributed by atoms with Gasteiger partial charge in [0.25, 0.3) is 0 Å². The van der Waals surface area contributed by atoms with Crippen molar-refractivity contribution in [2.24, 2.45) is 0 Å². The number of anilines is 1. The lowest BCUT2D eigenvalue weighted by atomic mass is 10.1. The van der Waals surface area contributed by atoms with Crippen molar-refractivity contribution in [3.63, 3.8) is 0 Å². The molecule has 1 fully saturated rings. The smallest absolute Gasteiger partial charge is 0.458 e. The fourth-order valence-corrected chi connectivity index (χ4v) is 2.91. The Balaban J connectivity index is 1.57. The molecule has 0 aliphatic carbocycles. The van der Waals surface area contributed by atoms with Crippen LogP contribution in [0.5, 0.6) is 5.75 Å². The lowest BCUT2D eigenvalue weighted by Gasteiger charge is -2.33. The highest BCUT2D eigenvalue weighted by atomic mass is 19.4. The van der Waals surface area contributed by atoms with Crippen molar-refractivity contribution in [2.75, 3.05) is 18.0 Å². The molecule has 0 spiro atoms. The molecule has 139 valence electrons. The van der Waals surface area contributed by atoms with Crippen LogP contribution in [0.1, 0.15) is 18.4 Å². The Morgan fingerprint density at radius 2 is 1.62 bits per heavy atom. The molecule has 1 aliphatic rings. The van der Waals surface area contributed by atoms with Crippen LogP contribution in [0.3, 0.4) is 0 Å². The van der Waals surface area contributed by atoms with E-state index in [1.807, 2.05) is 24.3 Å². The second-order valence-electron chi connectivity index (χ2n) is 6.16. The quantitative estimate of drug-likeness (QED) is 0.687. The molecule has 2 nitrogen and oxygen atoms in total. The van der Waals surface area contributed by atoms with Crippen molar-refractivity contribution < 1.29 is 26.7 Å². The Hall–Kier alpha value is -2.31. The predicted molar refractivity (Wildman–Crippen MR) is 87.5 cm³/mol. The van der Waals surface area contributed by atoms with Gasteiger partial charge in [0, 0.05) is 37.2 Å². The first-order chi connectivity index (χ1) is 12.3. The van der Waals surface area contributed by atoms with E-state index in [-0.39, 0.29) is 6.10 Å². The van der Waals surface area contributed by atoms with Crippen LogP contribution in [0.15, 0.2) is 48.5 Å². The van der Waals surface area contributed by atoms with Crippen molar-refractivity contribution in [1.29, 1.82) is 0 Å². The summed E-state index contributed by atoms with van der Waals surface area (Å²) in [6.45, 7) is 1.54. The number of piperidine rings is 1. The SMILES string of the molecule is FC(F)(F)C(F)(F)c1ccc(OC2CCN(c3c[c]ccc3)CC2)cc1. The molecule has 1 heterocycles. The van der Waals surface area contributed by atoms with E-state index in [2.05, 4.69) is 11.0 Å². The minimum Gasteiger partial charge on any atom is -0.490 e. The largest absolute Gasteiger partial charge is 0.490 e. The predicted octanol–water partition coefficient (Wildman–Crippen LogP) is 5.19. The summed E-state index contributed by atoms with van der Waals surface area (Å²) < 4.78 is 69.4. The van der Waals surface area contributed by atoms with Gasteiger partial charge in [0.2, 0.25) is 0 Å². The molecule has 0 N–H and O–H groups in total. The van der Waals surface area contributed by atoms with Crippen molar-refractivity contribution in [1.82, 2.24) is 0 Å². The minimum absolute atomic E-state index is 0.104. The molecule has 3 rings (SSSR count). The highest BCUT2D eigenvalue weighted by Crippen LogP contribution is 2.44. The number of ether oxygens (including phenoxy) is 1. The second-order valence-corrected chi connectivity index (χ2v) is 6.16. The van der Waals surface area contributed by atoms with Crippen LogP contribution in [0, 0.1) is 6.07 Å². The molecule has 0 atom stereocenters. The Bertz CT molecular complexity index is 707. The fraction of sp³-hybridized carbons (Fsp3) is 0.368. The number of halogens is 5. The van der Waals surface area contributed by atoms with Gasteiger partial charge in [-0.05, 0) is 42.5 Å². The number of alkyl halides is 5. The molecule has 0 bridgehead atoms. The van der Waals surface area contributed by atoms with E-state index in [0.717, 1.165) is 55.9 Å². The van der Waals surface area contributed by atoms with E-state index in [1.165, 1.54) is 0 Å². The molecule has 1 aliphatic heterocycles. The lowest BCUT2D eigenvalue weighted by Crippen LogP contribution is -2.38. The van der Waals surface area contributed by atoms with Crippen LogP contribution >= 0.6 is 0 Å². The second kappa shape index (κ2) is 7.13. The molecule has 1 saturated heterocycles. The van der Waals surface area contributed by atoms with Gasteiger partial charge in [0.15, 0.2) is 0 Å². The van der Waals surface area contributed by atoms with E-state index in [1.54, 1.807) is 0 Å². The first-order valence-corrected chi connectivity index (χ1v) is 8.20. The monoisotopic (exact) mass is 370 g/mol. The summed E-state index contributed by atoms with van der Waals surface area (Å²) in [6, 6.07) is 14.5. The van der Waals surface area contributed by atoms with E-state index >= 15 is 0 Å². The van der Waals surface area contributed by atoms with Gasteiger partial charge in [-0.2, -0.15) is 22.0 Å². The average molecular weight is 370 g/mol. The summed E-state index contributed by atoms with van der Waals surface area (Å²) in [7, 11) is 0. The van der Waals surface area contributed by atoms with Crippen molar-refractivity contribution in [2.45, 2.75) is 31.0 Å². The maximum Gasteiger partial charge on any atom is 0.458 e. The third-order valence-corrected chi connectivity index (χ3v) is 4.37. The molecule has 0 amide bonds. The van der Waals surface area contributed by atoms with Gasteiger partial charge in [-0.1, -0.05) is 12.1 Å². The van der Waals surface area contributed by atoms with Crippen LogP contribution in [-0.2, 0) is 5.92 Å². The minimum atomic E-state index is -5.61. The lowest BCUT2D eigenvalue weighted by molar-refractivity contribution is -0.289. The van der Waals surface area contributed by atoms with Crippen molar-refractivity contribution >= 4 is 5.69 Å². The highest BCUT2D eigenvalue weighted by molar-refractivity contribution is 5.46. The van der Waals surface area contributed by atoms with Crippen LogP contribution in [-0.4, -0.2) is 25.4 Å². The highest BCUT2D eigenvalue weighted by Gasteiger charge is 2.58. The van der Waals surface area contributed by atoms with Crippen LogP contribution in [0.4, 0.5) is 27.6 Å². The van der Waals surface area contributed by atoms with E-state index in [4.69, 9.17) is 4.74 Å².